The van der Waals surface area contributed by atoms with Gasteiger partial charge in [0.25, 0.3) is 0 Å². The average molecular weight is 365 g/mol. The molecule has 2 saturated heterocycles. The number of hydrogen-bond donors (Lipinski definition) is 2. The maximum atomic E-state index is 5.79. The summed E-state index contributed by atoms with van der Waals surface area (Å²) >= 11 is 5.60. The van der Waals surface area contributed by atoms with Gasteiger partial charge >= 0.3 is 0 Å². The Morgan fingerprint density at radius 3 is 2.84 bits per heavy atom. The highest BCUT2D eigenvalue weighted by Crippen LogP contribution is 2.18. The van der Waals surface area contributed by atoms with Crippen molar-refractivity contribution < 1.29 is 14.4 Å². The molecule has 2 unspecified atom stereocenters. The number of rotatable bonds is 5. The van der Waals surface area contributed by atoms with Gasteiger partial charge in [0.15, 0.2) is 5.11 Å². The number of nitrogens with zero attached hydrogens (tertiary/aromatic N) is 1. The second-order valence-corrected chi connectivity index (χ2v) is 7.50. The van der Waals surface area contributed by atoms with E-state index in [0.717, 1.165) is 42.8 Å². The maximum Gasteiger partial charge on any atom is 0.173 e. The van der Waals surface area contributed by atoms with E-state index in [1.54, 1.807) is 12.0 Å². The Morgan fingerprint density at radius 1 is 1.36 bits per heavy atom. The van der Waals surface area contributed by atoms with Crippen molar-refractivity contribution in [3.05, 3.63) is 24.3 Å². The first-order chi connectivity index (χ1) is 12.2. The molecule has 1 aromatic carbocycles. The highest BCUT2D eigenvalue weighted by Gasteiger charge is 2.29. The Hall–Kier alpha value is -1.37. The average Bonchev–Trinajstić information content (AvgIpc) is 3.15. The van der Waals surface area contributed by atoms with E-state index in [2.05, 4.69) is 17.3 Å². The third-order valence-corrected chi connectivity index (χ3v) is 5.73. The number of quaternary nitrogens is 1. The smallest absolute Gasteiger partial charge is 0.173 e. The summed E-state index contributed by atoms with van der Waals surface area (Å²) in [5.74, 6) is 0.839. The number of nitrogens with one attached hydrogen (secondary N) is 2. The number of thiocarbonyl (C=S) groups is 1. The van der Waals surface area contributed by atoms with Gasteiger partial charge in [-0.05, 0) is 37.2 Å². The van der Waals surface area contributed by atoms with Crippen molar-refractivity contribution in [3.63, 3.8) is 0 Å². The number of likely N-dealkylation sites (N-methyl/N-ethyl adjacent to an activating group) is 1. The summed E-state index contributed by atoms with van der Waals surface area (Å²) in [6.07, 6.45) is 5.27. The van der Waals surface area contributed by atoms with Crippen LogP contribution in [0.15, 0.2) is 24.3 Å². The number of anilines is 1. The van der Waals surface area contributed by atoms with Crippen molar-refractivity contribution in [2.24, 2.45) is 0 Å². The Kier molecular flexibility index (Phi) is 6.51. The minimum Gasteiger partial charge on any atom is -0.497 e. The lowest BCUT2D eigenvalue weighted by molar-refractivity contribution is -0.910. The number of piperidine rings is 1. The van der Waals surface area contributed by atoms with E-state index < -0.39 is 0 Å². The predicted molar refractivity (Wildman–Crippen MR) is 105 cm³/mol. The normalized spacial score (nSPS) is 22.6. The molecule has 0 saturated carbocycles. The summed E-state index contributed by atoms with van der Waals surface area (Å²) in [6, 6.07) is 8.60. The van der Waals surface area contributed by atoms with Crippen LogP contribution in [-0.2, 0) is 4.74 Å². The molecule has 0 radical (unpaired) electrons. The molecule has 0 aromatic heterocycles. The Balaban J connectivity index is 1.45. The molecule has 3 rings (SSSR count). The van der Waals surface area contributed by atoms with Crippen LogP contribution in [-0.4, -0.2) is 62.6 Å². The molecule has 2 aliphatic heterocycles. The van der Waals surface area contributed by atoms with Crippen LogP contribution in [0.5, 0.6) is 5.75 Å². The summed E-state index contributed by atoms with van der Waals surface area (Å²) in [4.78, 5) is 3.89. The molecule has 2 aliphatic rings. The molecule has 25 heavy (non-hydrogen) atoms. The first-order valence-corrected chi connectivity index (χ1v) is 9.70. The van der Waals surface area contributed by atoms with Crippen molar-refractivity contribution in [2.45, 2.75) is 37.8 Å². The number of benzene rings is 1. The third kappa shape index (κ3) is 5.06. The second kappa shape index (κ2) is 8.83. The molecule has 138 valence electrons. The molecule has 2 atom stereocenters. The van der Waals surface area contributed by atoms with Gasteiger partial charge in [0.05, 0.1) is 20.2 Å². The van der Waals surface area contributed by atoms with Gasteiger partial charge in [-0.15, -0.1) is 0 Å². The minimum absolute atomic E-state index is 0.467. The molecule has 0 amide bonds. The van der Waals surface area contributed by atoms with Crippen LogP contribution in [0.2, 0.25) is 0 Å². The van der Waals surface area contributed by atoms with Crippen LogP contribution in [0.1, 0.15) is 25.7 Å². The molecular formula is C19H30N3O2S+. The second-order valence-electron chi connectivity index (χ2n) is 7.11. The fourth-order valence-electron chi connectivity index (χ4n) is 3.81. The van der Waals surface area contributed by atoms with E-state index in [-0.39, 0.29) is 0 Å². The Bertz CT molecular complexity index is 570. The van der Waals surface area contributed by atoms with E-state index in [4.69, 9.17) is 21.7 Å². The van der Waals surface area contributed by atoms with Crippen molar-refractivity contribution in [2.75, 3.05) is 45.7 Å². The van der Waals surface area contributed by atoms with E-state index in [0.29, 0.717) is 12.1 Å². The van der Waals surface area contributed by atoms with Crippen LogP contribution in [0.3, 0.4) is 0 Å². The van der Waals surface area contributed by atoms with Crippen LogP contribution >= 0.6 is 12.2 Å². The minimum atomic E-state index is 0.467. The number of hydrogen-bond acceptors (Lipinski definition) is 3. The Labute approximate surface area is 156 Å². The largest absolute Gasteiger partial charge is 0.497 e. The molecule has 0 aliphatic carbocycles. The number of likely N-dealkylation sites (tertiary alicyclic amines) is 1. The molecular weight excluding hydrogens is 334 g/mol. The standard InChI is InChI=1S/C19H29N3O2S/c1-21(14-18-7-4-12-24-18)16-8-10-22(11-9-16)19(25)20-15-5-3-6-17(13-15)23-2/h3,5-6,13,16,18H,4,7-12,14H2,1-2H3,(H,20,25)/p+1. The summed E-state index contributed by atoms with van der Waals surface area (Å²) in [6.45, 7) is 4.12. The molecule has 2 heterocycles. The molecule has 1 aromatic rings. The van der Waals surface area contributed by atoms with Gasteiger partial charge in [0.2, 0.25) is 0 Å². The molecule has 5 nitrogen and oxygen atoms in total. The lowest BCUT2D eigenvalue weighted by Crippen LogP contribution is -3.14. The molecule has 6 heteroatoms. The van der Waals surface area contributed by atoms with E-state index in [1.165, 1.54) is 25.7 Å². The zero-order chi connectivity index (χ0) is 17.6. The number of ether oxygens (including phenoxy) is 2. The summed E-state index contributed by atoms with van der Waals surface area (Å²) in [5, 5.41) is 4.15. The first kappa shape index (κ1) is 18.4. The lowest BCUT2D eigenvalue weighted by atomic mass is 10.0. The molecule has 0 spiro atoms. The van der Waals surface area contributed by atoms with E-state index >= 15 is 0 Å². The quantitative estimate of drug-likeness (QED) is 0.776. The van der Waals surface area contributed by atoms with E-state index in [1.807, 2.05) is 24.3 Å². The Morgan fingerprint density at radius 2 is 2.16 bits per heavy atom. The van der Waals surface area contributed by atoms with Crippen molar-refractivity contribution in [3.8, 4) is 5.75 Å². The van der Waals surface area contributed by atoms with Crippen LogP contribution < -0.4 is 15.0 Å². The fourth-order valence-corrected chi connectivity index (χ4v) is 4.11. The highest BCUT2D eigenvalue weighted by atomic mass is 32.1. The molecule has 2 N–H and O–H groups in total. The van der Waals surface area contributed by atoms with Crippen molar-refractivity contribution >= 4 is 23.0 Å². The van der Waals surface area contributed by atoms with Crippen molar-refractivity contribution in [1.82, 2.24) is 4.90 Å². The van der Waals surface area contributed by atoms with Gasteiger partial charge < -0.3 is 24.6 Å². The lowest BCUT2D eigenvalue weighted by Gasteiger charge is -2.36. The van der Waals surface area contributed by atoms with Crippen LogP contribution in [0, 0.1) is 0 Å². The fraction of sp³-hybridized carbons (Fsp3) is 0.632. The maximum absolute atomic E-state index is 5.79. The van der Waals surface area contributed by atoms with Gasteiger partial charge in [0, 0.05) is 44.3 Å². The molecule has 0 bridgehead atoms. The number of methoxy groups -OCH3 is 1. The SMILES string of the molecule is COc1cccc(NC(=S)N2CCC([NH+](C)CC3CCCO3)CC2)c1. The van der Waals surface area contributed by atoms with Gasteiger partial charge in [-0.25, -0.2) is 0 Å². The van der Waals surface area contributed by atoms with Gasteiger partial charge in [0.1, 0.15) is 18.4 Å². The summed E-state index contributed by atoms with van der Waals surface area (Å²) < 4.78 is 11.1. The molecule has 2 fully saturated rings. The van der Waals surface area contributed by atoms with Crippen molar-refractivity contribution in [1.29, 1.82) is 0 Å². The highest BCUT2D eigenvalue weighted by molar-refractivity contribution is 7.80. The van der Waals surface area contributed by atoms with Gasteiger partial charge in [-0.1, -0.05) is 6.07 Å². The van der Waals surface area contributed by atoms with Gasteiger partial charge in [-0.2, -0.15) is 0 Å². The monoisotopic (exact) mass is 364 g/mol. The zero-order valence-corrected chi connectivity index (χ0v) is 16.1. The van der Waals surface area contributed by atoms with Crippen LogP contribution in [0.4, 0.5) is 5.69 Å². The van der Waals surface area contributed by atoms with Gasteiger partial charge in [-0.3, -0.25) is 0 Å². The summed E-state index contributed by atoms with van der Waals surface area (Å²) in [5.41, 5.74) is 0.979. The van der Waals surface area contributed by atoms with E-state index in [9.17, 15) is 0 Å². The summed E-state index contributed by atoms with van der Waals surface area (Å²) in [7, 11) is 3.99. The van der Waals surface area contributed by atoms with Crippen LogP contribution in [0.25, 0.3) is 0 Å². The third-order valence-electron chi connectivity index (χ3n) is 5.37. The predicted octanol–water partition coefficient (Wildman–Crippen LogP) is 1.55. The first-order valence-electron chi connectivity index (χ1n) is 9.29. The topological polar surface area (TPSA) is 38.2 Å². The zero-order valence-electron chi connectivity index (χ0n) is 15.3.